The van der Waals surface area contributed by atoms with Gasteiger partial charge in [0.1, 0.15) is 0 Å². The SMILES string of the molecule is CCN(CC(C)(C)O)S(=O)(=O)c1cn(C(C)C)cn1. The summed E-state index contributed by atoms with van der Waals surface area (Å²) >= 11 is 0. The summed E-state index contributed by atoms with van der Waals surface area (Å²) in [6.07, 6.45) is 3.03. The van der Waals surface area contributed by atoms with Crippen LogP contribution in [-0.2, 0) is 10.0 Å². The topological polar surface area (TPSA) is 75.4 Å². The molecule has 0 radical (unpaired) electrons. The first kappa shape index (κ1) is 16.1. The van der Waals surface area contributed by atoms with Gasteiger partial charge in [-0.3, -0.25) is 0 Å². The van der Waals surface area contributed by atoms with E-state index in [-0.39, 0.29) is 17.6 Å². The zero-order valence-electron chi connectivity index (χ0n) is 12.2. The van der Waals surface area contributed by atoms with Crippen LogP contribution in [0.25, 0.3) is 0 Å². The molecule has 0 aliphatic rings. The fourth-order valence-corrected chi connectivity index (χ4v) is 3.19. The van der Waals surface area contributed by atoms with Crippen LogP contribution in [0.4, 0.5) is 0 Å². The van der Waals surface area contributed by atoms with Gasteiger partial charge in [-0.25, -0.2) is 13.4 Å². The molecule has 1 N–H and O–H groups in total. The second kappa shape index (κ2) is 5.60. The van der Waals surface area contributed by atoms with E-state index in [1.807, 2.05) is 13.8 Å². The largest absolute Gasteiger partial charge is 0.389 e. The van der Waals surface area contributed by atoms with Gasteiger partial charge in [0.25, 0.3) is 10.0 Å². The number of likely N-dealkylation sites (N-methyl/N-ethyl adjacent to an activating group) is 1. The Morgan fingerprint density at radius 1 is 1.47 bits per heavy atom. The summed E-state index contributed by atoms with van der Waals surface area (Å²) in [6.45, 7) is 9.14. The molecule has 0 aliphatic heterocycles. The molecule has 19 heavy (non-hydrogen) atoms. The predicted octanol–water partition coefficient (Wildman–Crippen LogP) is 1.25. The number of aliphatic hydroxyl groups is 1. The van der Waals surface area contributed by atoms with E-state index in [1.165, 1.54) is 16.8 Å². The van der Waals surface area contributed by atoms with Crippen LogP contribution in [0.1, 0.15) is 40.7 Å². The molecule has 1 aromatic heterocycles. The second-order valence-electron chi connectivity index (χ2n) is 5.50. The van der Waals surface area contributed by atoms with Gasteiger partial charge in [-0.2, -0.15) is 4.31 Å². The summed E-state index contributed by atoms with van der Waals surface area (Å²) in [4.78, 5) is 3.96. The average molecular weight is 289 g/mol. The van der Waals surface area contributed by atoms with E-state index in [4.69, 9.17) is 0 Å². The molecule has 0 aliphatic carbocycles. The summed E-state index contributed by atoms with van der Waals surface area (Å²) in [5, 5.41) is 9.81. The second-order valence-corrected chi connectivity index (χ2v) is 7.38. The molecular weight excluding hydrogens is 266 g/mol. The minimum atomic E-state index is -3.66. The smallest absolute Gasteiger partial charge is 0.262 e. The van der Waals surface area contributed by atoms with Crippen LogP contribution in [-0.4, -0.2) is 46.1 Å². The van der Waals surface area contributed by atoms with Crippen molar-refractivity contribution in [3.8, 4) is 0 Å². The lowest BCUT2D eigenvalue weighted by molar-refractivity contribution is 0.0601. The van der Waals surface area contributed by atoms with Crippen LogP contribution in [0.2, 0.25) is 0 Å². The number of nitrogens with zero attached hydrogens (tertiary/aromatic N) is 3. The van der Waals surface area contributed by atoms with Gasteiger partial charge in [-0.15, -0.1) is 0 Å². The molecule has 0 saturated carbocycles. The van der Waals surface area contributed by atoms with Crippen molar-refractivity contribution >= 4 is 10.0 Å². The number of hydrogen-bond acceptors (Lipinski definition) is 4. The zero-order valence-corrected chi connectivity index (χ0v) is 13.0. The minimum Gasteiger partial charge on any atom is -0.389 e. The van der Waals surface area contributed by atoms with E-state index in [1.54, 1.807) is 25.3 Å². The van der Waals surface area contributed by atoms with Gasteiger partial charge in [0.2, 0.25) is 0 Å². The van der Waals surface area contributed by atoms with Crippen molar-refractivity contribution < 1.29 is 13.5 Å². The summed E-state index contributed by atoms with van der Waals surface area (Å²) in [6, 6.07) is 0.154. The highest BCUT2D eigenvalue weighted by molar-refractivity contribution is 7.89. The molecule has 7 heteroatoms. The van der Waals surface area contributed by atoms with E-state index in [0.717, 1.165) is 0 Å². The van der Waals surface area contributed by atoms with Crippen LogP contribution in [0.15, 0.2) is 17.6 Å². The first-order valence-corrected chi connectivity index (χ1v) is 7.78. The van der Waals surface area contributed by atoms with Gasteiger partial charge >= 0.3 is 0 Å². The number of hydrogen-bond donors (Lipinski definition) is 1. The molecule has 110 valence electrons. The molecule has 6 nitrogen and oxygen atoms in total. The van der Waals surface area contributed by atoms with Crippen LogP contribution in [0.5, 0.6) is 0 Å². The van der Waals surface area contributed by atoms with E-state index in [9.17, 15) is 13.5 Å². The fraction of sp³-hybridized carbons (Fsp3) is 0.750. The van der Waals surface area contributed by atoms with Gasteiger partial charge < -0.3 is 9.67 Å². The highest BCUT2D eigenvalue weighted by Crippen LogP contribution is 2.17. The molecule has 0 amide bonds. The molecule has 0 unspecified atom stereocenters. The molecule has 1 aromatic rings. The summed E-state index contributed by atoms with van der Waals surface area (Å²) < 4.78 is 27.8. The first-order valence-electron chi connectivity index (χ1n) is 6.34. The maximum atomic E-state index is 12.4. The minimum absolute atomic E-state index is 0.0206. The zero-order chi connectivity index (χ0) is 14.8. The lowest BCUT2D eigenvalue weighted by Gasteiger charge is -2.26. The average Bonchev–Trinajstić information content (AvgIpc) is 2.74. The highest BCUT2D eigenvalue weighted by Gasteiger charge is 2.30. The normalized spacial score (nSPS) is 13.5. The highest BCUT2D eigenvalue weighted by atomic mass is 32.2. The van der Waals surface area contributed by atoms with Crippen molar-refractivity contribution in [2.24, 2.45) is 0 Å². The third kappa shape index (κ3) is 4.02. The van der Waals surface area contributed by atoms with E-state index in [2.05, 4.69) is 4.98 Å². The van der Waals surface area contributed by atoms with Gasteiger partial charge in [0.05, 0.1) is 11.9 Å². The van der Waals surface area contributed by atoms with Crippen molar-refractivity contribution in [3.63, 3.8) is 0 Å². The Morgan fingerprint density at radius 2 is 2.05 bits per heavy atom. The van der Waals surface area contributed by atoms with E-state index >= 15 is 0 Å². The maximum absolute atomic E-state index is 12.4. The molecule has 0 fully saturated rings. The Bertz CT molecular complexity index is 515. The molecule has 0 spiro atoms. The number of aromatic nitrogens is 2. The van der Waals surface area contributed by atoms with Gasteiger partial charge in [0, 0.05) is 25.3 Å². The molecule has 0 atom stereocenters. The number of imidazole rings is 1. The summed E-state index contributed by atoms with van der Waals surface area (Å²) in [5.74, 6) is 0. The Kier molecular flexibility index (Phi) is 4.76. The summed E-state index contributed by atoms with van der Waals surface area (Å²) in [5.41, 5.74) is -1.08. The van der Waals surface area contributed by atoms with E-state index in [0.29, 0.717) is 6.54 Å². The Hall–Kier alpha value is -0.920. The van der Waals surface area contributed by atoms with Crippen molar-refractivity contribution in [3.05, 3.63) is 12.5 Å². The first-order chi connectivity index (χ1) is 8.58. The Morgan fingerprint density at radius 3 is 2.42 bits per heavy atom. The van der Waals surface area contributed by atoms with Crippen LogP contribution >= 0.6 is 0 Å². The summed E-state index contributed by atoms with van der Waals surface area (Å²) in [7, 11) is -3.66. The number of rotatable bonds is 6. The molecule has 1 heterocycles. The van der Waals surface area contributed by atoms with Gasteiger partial charge in [-0.05, 0) is 27.7 Å². The standard InChI is InChI=1S/C12H23N3O3S/c1-6-15(8-12(4,5)16)19(17,18)11-7-14(9-13-11)10(2)3/h7,9-10,16H,6,8H2,1-5H3. The third-order valence-electron chi connectivity index (χ3n) is 2.69. The molecule has 0 saturated heterocycles. The Labute approximate surface area is 115 Å². The molecular formula is C12H23N3O3S. The fourth-order valence-electron chi connectivity index (χ4n) is 1.66. The lowest BCUT2D eigenvalue weighted by atomic mass is 10.1. The quantitative estimate of drug-likeness (QED) is 0.855. The van der Waals surface area contributed by atoms with Crippen molar-refractivity contribution in [1.82, 2.24) is 13.9 Å². The van der Waals surface area contributed by atoms with Crippen LogP contribution < -0.4 is 0 Å². The van der Waals surface area contributed by atoms with E-state index < -0.39 is 15.6 Å². The van der Waals surface area contributed by atoms with Crippen molar-refractivity contribution in [1.29, 1.82) is 0 Å². The van der Waals surface area contributed by atoms with Gasteiger partial charge in [0.15, 0.2) is 5.03 Å². The third-order valence-corrected chi connectivity index (χ3v) is 4.50. The van der Waals surface area contributed by atoms with Crippen molar-refractivity contribution in [2.45, 2.75) is 51.3 Å². The lowest BCUT2D eigenvalue weighted by Crippen LogP contribution is -2.42. The molecule has 0 bridgehead atoms. The van der Waals surface area contributed by atoms with Crippen molar-refractivity contribution in [2.75, 3.05) is 13.1 Å². The van der Waals surface area contributed by atoms with Crippen LogP contribution in [0.3, 0.4) is 0 Å². The predicted molar refractivity (Wildman–Crippen MR) is 73.3 cm³/mol. The maximum Gasteiger partial charge on any atom is 0.262 e. The monoisotopic (exact) mass is 289 g/mol. The molecule has 1 rings (SSSR count). The Balaban J connectivity index is 3.06. The number of sulfonamides is 1. The van der Waals surface area contributed by atoms with Gasteiger partial charge in [-0.1, -0.05) is 6.92 Å². The van der Waals surface area contributed by atoms with Crippen LogP contribution in [0, 0.1) is 0 Å². The molecule has 0 aromatic carbocycles.